The Labute approximate surface area is 131 Å². The molecule has 1 heterocycles. The average molecular weight is 320 g/mol. The van der Waals surface area contributed by atoms with Gasteiger partial charge in [0, 0.05) is 24.6 Å². The van der Waals surface area contributed by atoms with Crippen molar-refractivity contribution < 1.29 is 19.4 Å². The van der Waals surface area contributed by atoms with Gasteiger partial charge in [-0.15, -0.1) is 11.3 Å². The zero-order valence-corrected chi connectivity index (χ0v) is 12.9. The molecule has 22 heavy (non-hydrogen) atoms. The first-order valence-corrected chi connectivity index (χ1v) is 7.52. The zero-order valence-electron chi connectivity index (χ0n) is 12.0. The molecule has 2 rings (SSSR count). The molecule has 0 fully saturated rings. The molecule has 7 heteroatoms. The molecule has 0 atom stereocenters. The lowest BCUT2D eigenvalue weighted by Crippen LogP contribution is -2.12. The second kappa shape index (κ2) is 7.67. The molecule has 0 saturated heterocycles. The van der Waals surface area contributed by atoms with Crippen molar-refractivity contribution in [1.29, 1.82) is 0 Å². The molecule has 0 spiro atoms. The number of carbonyl (C=O) groups excluding carboxylic acids is 1. The lowest BCUT2D eigenvalue weighted by molar-refractivity contribution is -0.136. The molecule has 1 aromatic heterocycles. The normalized spacial score (nSPS) is 10.4. The van der Waals surface area contributed by atoms with Gasteiger partial charge < -0.3 is 15.2 Å². The monoisotopic (exact) mass is 320 g/mol. The summed E-state index contributed by atoms with van der Waals surface area (Å²) in [4.78, 5) is 26.7. The smallest absolute Gasteiger partial charge is 0.303 e. The van der Waals surface area contributed by atoms with Gasteiger partial charge in [0.15, 0.2) is 0 Å². The lowest BCUT2D eigenvalue weighted by atomic mass is 10.1. The van der Waals surface area contributed by atoms with Crippen LogP contribution in [0.5, 0.6) is 0 Å². The van der Waals surface area contributed by atoms with Crippen molar-refractivity contribution in [3.05, 3.63) is 45.9 Å². The van der Waals surface area contributed by atoms with Crippen molar-refractivity contribution >= 4 is 28.9 Å². The highest BCUT2D eigenvalue weighted by atomic mass is 32.1. The van der Waals surface area contributed by atoms with Gasteiger partial charge in [-0.05, 0) is 24.1 Å². The number of carboxylic acid groups (broad SMARTS) is 1. The van der Waals surface area contributed by atoms with E-state index in [9.17, 15) is 9.59 Å². The maximum atomic E-state index is 12.0. The number of carbonyl (C=O) groups is 2. The maximum Gasteiger partial charge on any atom is 0.303 e. The number of amides is 1. The number of benzene rings is 1. The summed E-state index contributed by atoms with van der Waals surface area (Å²) in [5.74, 6) is -1.11. The Kier molecular flexibility index (Phi) is 5.62. The lowest BCUT2D eigenvalue weighted by Gasteiger charge is -2.04. The van der Waals surface area contributed by atoms with E-state index >= 15 is 0 Å². The van der Waals surface area contributed by atoms with Crippen LogP contribution in [0.25, 0.3) is 0 Å². The maximum absolute atomic E-state index is 12.0. The third kappa shape index (κ3) is 4.64. The predicted molar refractivity (Wildman–Crippen MR) is 83.2 cm³/mol. The molecule has 0 aliphatic carbocycles. The quantitative estimate of drug-likeness (QED) is 0.818. The molecule has 0 radical (unpaired) electrons. The van der Waals surface area contributed by atoms with Crippen LogP contribution in [0.3, 0.4) is 0 Å². The van der Waals surface area contributed by atoms with E-state index < -0.39 is 5.97 Å². The van der Waals surface area contributed by atoms with E-state index in [0.29, 0.717) is 24.4 Å². The number of hydrogen-bond acceptors (Lipinski definition) is 5. The number of thiazole rings is 1. The summed E-state index contributed by atoms with van der Waals surface area (Å²) in [6, 6.07) is 7.10. The predicted octanol–water partition coefficient (Wildman–Crippen LogP) is 2.56. The number of carboxylic acids is 1. The van der Waals surface area contributed by atoms with E-state index in [2.05, 4.69) is 10.3 Å². The van der Waals surface area contributed by atoms with E-state index in [-0.39, 0.29) is 12.3 Å². The van der Waals surface area contributed by atoms with Crippen LogP contribution < -0.4 is 5.32 Å². The van der Waals surface area contributed by atoms with E-state index in [1.807, 2.05) is 0 Å². The summed E-state index contributed by atoms with van der Waals surface area (Å²) < 4.78 is 4.97. The molecule has 0 aliphatic heterocycles. The molecule has 2 aromatic rings. The number of anilines is 1. The Hall–Kier alpha value is -2.25. The fourth-order valence-electron chi connectivity index (χ4n) is 1.81. The van der Waals surface area contributed by atoms with Crippen molar-refractivity contribution in [3.63, 3.8) is 0 Å². The SMILES string of the molecule is COCc1nc(C(=O)Nc2ccc(CCC(=O)O)cc2)cs1. The third-order valence-corrected chi connectivity index (χ3v) is 3.71. The zero-order chi connectivity index (χ0) is 15.9. The summed E-state index contributed by atoms with van der Waals surface area (Å²) in [5.41, 5.74) is 1.91. The highest BCUT2D eigenvalue weighted by molar-refractivity contribution is 7.09. The van der Waals surface area contributed by atoms with Crippen LogP contribution in [-0.2, 0) is 22.6 Å². The minimum atomic E-state index is -0.826. The number of aliphatic carboxylic acids is 1. The minimum absolute atomic E-state index is 0.0901. The number of aryl methyl sites for hydroxylation is 1. The highest BCUT2D eigenvalue weighted by Crippen LogP contribution is 2.15. The molecule has 0 bridgehead atoms. The molecule has 116 valence electrons. The van der Waals surface area contributed by atoms with Gasteiger partial charge in [-0.1, -0.05) is 12.1 Å². The molecule has 0 aliphatic rings. The summed E-state index contributed by atoms with van der Waals surface area (Å²) >= 11 is 1.37. The second-order valence-electron chi connectivity index (χ2n) is 4.60. The molecule has 0 saturated carbocycles. The van der Waals surface area contributed by atoms with Crippen LogP contribution in [-0.4, -0.2) is 29.1 Å². The van der Waals surface area contributed by atoms with Gasteiger partial charge in [-0.3, -0.25) is 9.59 Å². The van der Waals surface area contributed by atoms with Crippen molar-refractivity contribution in [1.82, 2.24) is 4.98 Å². The van der Waals surface area contributed by atoms with Gasteiger partial charge in [-0.2, -0.15) is 0 Å². The van der Waals surface area contributed by atoms with E-state index in [1.54, 1.807) is 36.8 Å². The third-order valence-electron chi connectivity index (χ3n) is 2.89. The number of methoxy groups -OCH3 is 1. The Morgan fingerprint density at radius 2 is 2.05 bits per heavy atom. The Bertz CT molecular complexity index is 652. The first kappa shape index (κ1) is 16.1. The van der Waals surface area contributed by atoms with Crippen LogP contribution >= 0.6 is 11.3 Å². The number of hydrogen-bond donors (Lipinski definition) is 2. The van der Waals surface area contributed by atoms with E-state index in [0.717, 1.165) is 10.6 Å². The number of ether oxygens (including phenoxy) is 1. The fourth-order valence-corrected chi connectivity index (χ4v) is 2.55. The van der Waals surface area contributed by atoms with Gasteiger partial charge in [0.25, 0.3) is 5.91 Å². The summed E-state index contributed by atoms with van der Waals surface area (Å²) in [7, 11) is 1.58. The molecular weight excluding hydrogens is 304 g/mol. The molecular formula is C15H16N2O4S. The molecule has 2 N–H and O–H groups in total. The molecule has 0 unspecified atom stereocenters. The van der Waals surface area contributed by atoms with Crippen molar-refractivity contribution in [2.75, 3.05) is 12.4 Å². The Morgan fingerprint density at radius 3 is 2.68 bits per heavy atom. The van der Waals surface area contributed by atoms with Gasteiger partial charge in [0.2, 0.25) is 0 Å². The largest absolute Gasteiger partial charge is 0.481 e. The van der Waals surface area contributed by atoms with Crippen LogP contribution in [0.1, 0.15) is 27.5 Å². The number of nitrogens with one attached hydrogen (secondary N) is 1. The molecule has 1 amide bonds. The number of rotatable bonds is 7. The Morgan fingerprint density at radius 1 is 1.32 bits per heavy atom. The molecule has 6 nitrogen and oxygen atoms in total. The van der Waals surface area contributed by atoms with Gasteiger partial charge in [0.1, 0.15) is 10.7 Å². The molecule has 1 aromatic carbocycles. The average Bonchev–Trinajstić information content (AvgIpc) is 2.96. The van der Waals surface area contributed by atoms with Crippen LogP contribution in [0.4, 0.5) is 5.69 Å². The highest BCUT2D eigenvalue weighted by Gasteiger charge is 2.11. The van der Waals surface area contributed by atoms with E-state index in [1.165, 1.54) is 11.3 Å². The fraction of sp³-hybridized carbons (Fsp3) is 0.267. The number of nitrogens with zero attached hydrogens (tertiary/aromatic N) is 1. The first-order valence-electron chi connectivity index (χ1n) is 6.64. The van der Waals surface area contributed by atoms with Crippen molar-refractivity contribution in [2.24, 2.45) is 0 Å². The van der Waals surface area contributed by atoms with Crippen LogP contribution in [0, 0.1) is 0 Å². The van der Waals surface area contributed by atoms with E-state index in [4.69, 9.17) is 9.84 Å². The summed E-state index contributed by atoms with van der Waals surface area (Å²) in [6.07, 6.45) is 0.558. The van der Waals surface area contributed by atoms with Crippen LogP contribution in [0.15, 0.2) is 29.6 Å². The van der Waals surface area contributed by atoms with Gasteiger partial charge >= 0.3 is 5.97 Å². The van der Waals surface area contributed by atoms with Gasteiger partial charge in [0.05, 0.1) is 6.61 Å². The minimum Gasteiger partial charge on any atom is -0.481 e. The first-order chi connectivity index (χ1) is 10.6. The van der Waals surface area contributed by atoms with Crippen LogP contribution in [0.2, 0.25) is 0 Å². The summed E-state index contributed by atoms with van der Waals surface area (Å²) in [5, 5.41) is 13.8. The topological polar surface area (TPSA) is 88.5 Å². The van der Waals surface area contributed by atoms with Crippen molar-refractivity contribution in [2.45, 2.75) is 19.4 Å². The summed E-state index contributed by atoms with van der Waals surface area (Å²) in [6.45, 7) is 0.385. The second-order valence-corrected chi connectivity index (χ2v) is 5.55. The van der Waals surface area contributed by atoms with Gasteiger partial charge in [-0.25, -0.2) is 4.98 Å². The number of aromatic nitrogens is 1. The standard InChI is InChI=1S/C15H16N2O4S/c1-21-8-13-17-12(9-22-13)15(20)16-11-5-2-10(3-6-11)4-7-14(18)19/h2-3,5-6,9H,4,7-8H2,1H3,(H,16,20)(H,18,19). The van der Waals surface area contributed by atoms with Crippen molar-refractivity contribution in [3.8, 4) is 0 Å². The Balaban J connectivity index is 1.94.